The third-order valence-electron chi connectivity index (χ3n) is 2.49. The molecule has 0 bridgehead atoms. The second kappa shape index (κ2) is 6.56. The van der Waals surface area contributed by atoms with Crippen LogP contribution in [-0.4, -0.2) is 10.7 Å². The van der Waals surface area contributed by atoms with Gasteiger partial charge in [0, 0.05) is 22.8 Å². The Hall–Kier alpha value is -1.33. The van der Waals surface area contributed by atoms with Crippen LogP contribution in [0.4, 0.5) is 5.69 Å². The van der Waals surface area contributed by atoms with Crippen molar-refractivity contribution in [1.82, 2.24) is 0 Å². The number of nitro benzene ring substituents is 1. The molecule has 0 saturated heterocycles. The summed E-state index contributed by atoms with van der Waals surface area (Å²) in [5.74, 6) is 1.99. The fourth-order valence-corrected chi connectivity index (χ4v) is 3.31. The van der Waals surface area contributed by atoms with E-state index in [1.54, 1.807) is 23.5 Å². The molecule has 0 amide bonds. The summed E-state index contributed by atoms with van der Waals surface area (Å²) in [7, 11) is 0. The quantitative estimate of drug-likeness (QED) is 0.453. The predicted octanol–water partition coefficient (Wildman–Crippen LogP) is 4.13. The van der Waals surface area contributed by atoms with Crippen LogP contribution in [0.2, 0.25) is 0 Å². The maximum absolute atomic E-state index is 10.5. The summed E-state index contributed by atoms with van der Waals surface area (Å²) < 4.78 is 0. The van der Waals surface area contributed by atoms with Crippen LogP contribution in [0.15, 0.2) is 41.8 Å². The molecule has 2 rings (SSSR count). The minimum absolute atomic E-state index is 0.155. The fraction of sp³-hybridized carbons (Fsp3) is 0.231. The number of nitro groups is 1. The number of aryl methyl sites for hydroxylation is 1. The van der Waals surface area contributed by atoms with Gasteiger partial charge in [-0.2, -0.15) is 11.8 Å². The molecule has 3 nitrogen and oxygen atoms in total. The van der Waals surface area contributed by atoms with Gasteiger partial charge in [-0.15, -0.1) is 11.3 Å². The lowest BCUT2D eigenvalue weighted by molar-refractivity contribution is -0.384. The van der Waals surface area contributed by atoms with Crippen molar-refractivity contribution in [3.63, 3.8) is 0 Å². The zero-order valence-electron chi connectivity index (χ0n) is 9.74. The average molecular weight is 279 g/mol. The number of rotatable bonds is 6. The summed E-state index contributed by atoms with van der Waals surface area (Å²) in [5.41, 5.74) is 1.29. The number of nitrogens with zero attached hydrogens (tertiary/aromatic N) is 1. The van der Waals surface area contributed by atoms with Gasteiger partial charge in [0.25, 0.3) is 5.69 Å². The van der Waals surface area contributed by atoms with E-state index in [4.69, 9.17) is 0 Å². The average Bonchev–Trinajstić information content (AvgIpc) is 2.88. The summed E-state index contributed by atoms with van der Waals surface area (Å²) in [6, 6.07) is 11.0. The van der Waals surface area contributed by atoms with Gasteiger partial charge in [0.2, 0.25) is 0 Å². The molecule has 5 heteroatoms. The Balaban J connectivity index is 1.75. The minimum atomic E-state index is -0.367. The molecule has 0 aliphatic carbocycles. The van der Waals surface area contributed by atoms with Crippen molar-refractivity contribution in [1.29, 1.82) is 0 Å². The number of non-ortho nitro benzene ring substituents is 1. The standard InChI is InChI=1S/C13H13NO2S2/c15-14(16)12-5-3-11(4-6-12)10-17-9-7-13-2-1-8-18-13/h1-6,8H,7,9-10H2. The Morgan fingerprint density at radius 3 is 2.61 bits per heavy atom. The summed E-state index contributed by atoms with van der Waals surface area (Å²) in [4.78, 5) is 11.5. The highest BCUT2D eigenvalue weighted by molar-refractivity contribution is 7.98. The van der Waals surface area contributed by atoms with Crippen LogP contribution in [-0.2, 0) is 12.2 Å². The van der Waals surface area contributed by atoms with E-state index in [9.17, 15) is 10.1 Å². The molecule has 0 fully saturated rings. The smallest absolute Gasteiger partial charge is 0.258 e. The molecule has 18 heavy (non-hydrogen) atoms. The molecular formula is C13H13NO2S2. The largest absolute Gasteiger partial charge is 0.269 e. The third kappa shape index (κ3) is 3.85. The van der Waals surface area contributed by atoms with Crippen molar-refractivity contribution in [2.75, 3.05) is 5.75 Å². The van der Waals surface area contributed by atoms with Crippen molar-refractivity contribution in [2.45, 2.75) is 12.2 Å². The Morgan fingerprint density at radius 1 is 1.22 bits per heavy atom. The first-order valence-corrected chi connectivity index (χ1v) is 7.62. The van der Waals surface area contributed by atoms with E-state index in [2.05, 4.69) is 17.5 Å². The second-order valence-electron chi connectivity index (χ2n) is 3.81. The summed E-state index contributed by atoms with van der Waals surface area (Å²) in [5, 5.41) is 12.6. The molecule has 0 radical (unpaired) electrons. The highest BCUT2D eigenvalue weighted by Gasteiger charge is 2.03. The van der Waals surface area contributed by atoms with Gasteiger partial charge in [0.15, 0.2) is 0 Å². The maximum atomic E-state index is 10.5. The van der Waals surface area contributed by atoms with E-state index in [1.165, 1.54) is 4.88 Å². The van der Waals surface area contributed by atoms with Crippen LogP contribution in [0.1, 0.15) is 10.4 Å². The molecule has 0 aliphatic rings. The van der Waals surface area contributed by atoms with Crippen LogP contribution in [0.5, 0.6) is 0 Å². The summed E-state index contributed by atoms with van der Waals surface area (Å²) >= 11 is 3.64. The lowest BCUT2D eigenvalue weighted by Gasteiger charge is -2.01. The Labute approximate surface area is 114 Å². The Bertz CT molecular complexity index is 494. The van der Waals surface area contributed by atoms with Crippen molar-refractivity contribution < 1.29 is 4.92 Å². The number of thiophene rings is 1. The van der Waals surface area contributed by atoms with Gasteiger partial charge in [0.1, 0.15) is 0 Å². The van der Waals surface area contributed by atoms with E-state index < -0.39 is 0 Å². The van der Waals surface area contributed by atoms with Crippen molar-refractivity contribution in [2.24, 2.45) is 0 Å². The van der Waals surface area contributed by atoms with Crippen molar-refractivity contribution >= 4 is 28.8 Å². The molecule has 1 aromatic heterocycles. The molecular weight excluding hydrogens is 266 g/mol. The first-order chi connectivity index (χ1) is 8.75. The molecule has 0 atom stereocenters. The molecule has 1 heterocycles. The van der Waals surface area contributed by atoms with Crippen LogP contribution in [0.3, 0.4) is 0 Å². The van der Waals surface area contributed by atoms with Crippen LogP contribution in [0, 0.1) is 10.1 Å². The minimum Gasteiger partial charge on any atom is -0.258 e. The van der Waals surface area contributed by atoms with Crippen molar-refractivity contribution in [3.05, 3.63) is 62.3 Å². The summed E-state index contributed by atoms with van der Waals surface area (Å²) in [6.07, 6.45) is 1.09. The molecule has 0 spiro atoms. The third-order valence-corrected chi connectivity index (χ3v) is 4.46. The Kier molecular flexibility index (Phi) is 4.78. The van der Waals surface area contributed by atoms with Gasteiger partial charge in [-0.05, 0) is 29.2 Å². The van der Waals surface area contributed by atoms with Crippen LogP contribution < -0.4 is 0 Å². The van der Waals surface area contributed by atoms with Gasteiger partial charge >= 0.3 is 0 Å². The Morgan fingerprint density at radius 2 is 2.00 bits per heavy atom. The lowest BCUT2D eigenvalue weighted by atomic mass is 10.2. The topological polar surface area (TPSA) is 43.1 Å². The molecule has 0 aliphatic heterocycles. The molecule has 1 aromatic carbocycles. The molecule has 2 aromatic rings. The first kappa shape index (κ1) is 13.1. The van der Waals surface area contributed by atoms with Gasteiger partial charge in [0.05, 0.1) is 4.92 Å². The fourth-order valence-electron chi connectivity index (χ4n) is 1.53. The van der Waals surface area contributed by atoms with Crippen molar-refractivity contribution in [3.8, 4) is 0 Å². The van der Waals surface area contributed by atoms with Gasteiger partial charge in [-0.25, -0.2) is 0 Å². The van der Waals surface area contributed by atoms with Gasteiger partial charge in [-0.3, -0.25) is 10.1 Å². The van der Waals surface area contributed by atoms with E-state index >= 15 is 0 Å². The SMILES string of the molecule is O=[N+]([O-])c1ccc(CSCCc2cccs2)cc1. The molecule has 0 unspecified atom stereocenters. The predicted molar refractivity (Wildman–Crippen MR) is 77.3 cm³/mol. The highest BCUT2D eigenvalue weighted by atomic mass is 32.2. The van der Waals surface area contributed by atoms with E-state index in [1.807, 2.05) is 23.9 Å². The number of hydrogen-bond acceptors (Lipinski definition) is 4. The molecule has 94 valence electrons. The zero-order chi connectivity index (χ0) is 12.8. The van der Waals surface area contributed by atoms with E-state index in [0.717, 1.165) is 23.5 Å². The molecule has 0 saturated carbocycles. The number of benzene rings is 1. The van der Waals surface area contributed by atoms with Gasteiger partial charge in [-0.1, -0.05) is 18.2 Å². The monoisotopic (exact) mass is 279 g/mol. The number of thioether (sulfide) groups is 1. The van der Waals surface area contributed by atoms with E-state index in [-0.39, 0.29) is 10.6 Å². The highest BCUT2D eigenvalue weighted by Crippen LogP contribution is 2.18. The normalized spacial score (nSPS) is 10.4. The number of hydrogen-bond donors (Lipinski definition) is 0. The van der Waals surface area contributed by atoms with Gasteiger partial charge < -0.3 is 0 Å². The zero-order valence-corrected chi connectivity index (χ0v) is 11.4. The first-order valence-electron chi connectivity index (χ1n) is 5.59. The lowest BCUT2D eigenvalue weighted by Crippen LogP contribution is -1.89. The maximum Gasteiger partial charge on any atom is 0.269 e. The second-order valence-corrected chi connectivity index (χ2v) is 5.94. The van der Waals surface area contributed by atoms with Crippen LogP contribution in [0.25, 0.3) is 0 Å². The van der Waals surface area contributed by atoms with Crippen LogP contribution >= 0.6 is 23.1 Å². The molecule has 0 N–H and O–H groups in total. The summed E-state index contributed by atoms with van der Waals surface area (Å²) in [6.45, 7) is 0. The van der Waals surface area contributed by atoms with E-state index in [0.29, 0.717) is 0 Å².